The van der Waals surface area contributed by atoms with E-state index in [4.69, 9.17) is 0 Å². The molecule has 4 nitrogen and oxygen atoms in total. The smallest absolute Gasteiger partial charge is 0.248 e. The van der Waals surface area contributed by atoms with E-state index in [2.05, 4.69) is 5.32 Å². The summed E-state index contributed by atoms with van der Waals surface area (Å²) in [5.41, 5.74) is -0.905. The molecular weight excluding hydrogens is 211 g/mol. The monoisotopic (exact) mass is 228 g/mol. The van der Waals surface area contributed by atoms with Crippen molar-refractivity contribution < 1.29 is 14.0 Å². The maximum absolute atomic E-state index is 12.5. The number of alkyl halides is 1. The molecule has 0 aromatic heterocycles. The highest BCUT2D eigenvalue weighted by Gasteiger charge is 2.50. The van der Waals surface area contributed by atoms with Crippen molar-refractivity contribution in [3.63, 3.8) is 0 Å². The molecule has 0 radical (unpaired) electrons. The van der Waals surface area contributed by atoms with Crippen molar-refractivity contribution in [1.82, 2.24) is 10.2 Å². The molecule has 2 aliphatic rings. The predicted octanol–water partition coefficient (Wildman–Crippen LogP) is 0.471. The van der Waals surface area contributed by atoms with Crippen LogP contribution in [0.15, 0.2) is 0 Å². The topological polar surface area (TPSA) is 49.4 Å². The molecule has 1 saturated heterocycles. The highest BCUT2D eigenvalue weighted by molar-refractivity contribution is 5.99. The summed E-state index contributed by atoms with van der Waals surface area (Å²) in [5.74, 6) is -0.0891. The predicted molar refractivity (Wildman–Crippen MR) is 56.4 cm³/mol. The summed E-state index contributed by atoms with van der Waals surface area (Å²) in [6.45, 7) is 2.73. The Labute approximate surface area is 94.2 Å². The van der Waals surface area contributed by atoms with E-state index in [0.29, 0.717) is 0 Å². The summed E-state index contributed by atoms with van der Waals surface area (Å²) in [7, 11) is 0. The van der Waals surface area contributed by atoms with Gasteiger partial charge >= 0.3 is 0 Å². The number of hydrogen-bond acceptors (Lipinski definition) is 2. The quantitative estimate of drug-likeness (QED) is 0.763. The van der Waals surface area contributed by atoms with Gasteiger partial charge in [-0.1, -0.05) is 0 Å². The number of nitrogens with one attached hydrogen (secondary N) is 1. The molecule has 2 amide bonds. The van der Waals surface area contributed by atoms with Crippen LogP contribution >= 0.6 is 0 Å². The molecule has 1 aliphatic carbocycles. The summed E-state index contributed by atoms with van der Waals surface area (Å²) >= 11 is 0. The van der Waals surface area contributed by atoms with Crippen molar-refractivity contribution in [2.24, 2.45) is 5.92 Å². The van der Waals surface area contributed by atoms with Crippen LogP contribution < -0.4 is 5.32 Å². The fourth-order valence-electron chi connectivity index (χ4n) is 2.27. The van der Waals surface area contributed by atoms with Crippen LogP contribution in [-0.2, 0) is 9.59 Å². The number of carbonyl (C=O) groups is 2. The molecule has 5 heteroatoms. The van der Waals surface area contributed by atoms with Gasteiger partial charge in [0.15, 0.2) is 0 Å². The minimum Gasteiger partial charge on any atom is -0.340 e. The van der Waals surface area contributed by atoms with Crippen LogP contribution in [0.3, 0.4) is 0 Å². The maximum atomic E-state index is 12.5. The van der Waals surface area contributed by atoms with Gasteiger partial charge in [-0.05, 0) is 32.6 Å². The number of hydrogen-bond donors (Lipinski definition) is 1. The number of amides is 2. The zero-order valence-corrected chi connectivity index (χ0v) is 9.62. The first kappa shape index (κ1) is 11.4. The van der Waals surface area contributed by atoms with E-state index < -0.39 is 18.3 Å². The van der Waals surface area contributed by atoms with Crippen LogP contribution in [0.1, 0.15) is 26.7 Å². The maximum Gasteiger partial charge on any atom is 0.248 e. The SMILES string of the molecule is CC1(C)NC(=O)C(C2CC2)N(CCF)C1=O. The lowest BCUT2D eigenvalue weighted by molar-refractivity contribution is -0.154. The van der Waals surface area contributed by atoms with E-state index in [-0.39, 0.29) is 24.3 Å². The highest BCUT2D eigenvalue weighted by atomic mass is 19.1. The first-order valence-electron chi connectivity index (χ1n) is 5.66. The van der Waals surface area contributed by atoms with E-state index in [1.165, 1.54) is 4.90 Å². The number of carbonyl (C=O) groups excluding carboxylic acids is 2. The molecule has 90 valence electrons. The number of halogens is 1. The van der Waals surface area contributed by atoms with Gasteiger partial charge in [-0.25, -0.2) is 4.39 Å². The van der Waals surface area contributed by atoms with Gasteiger partial charge in [0, 0.05) is 6.54 Å². The third kappa shape index (κ3) is 1.79. The van der Waals surface area contributed by atoms with Crippen molar-refractivity contribution in [3.8, 4) is 0 Å². The lowest BCUT2D eigenvalue weighted by Crippen LogP contribution is -2.68. The Balaban J connectivity index is 2.24. The highest BCUT2D eigenvalue weighted by Crippen LogP contribution is 2.37. The lowest BCUT2D eigenvalue weighted by atomic mass is 9.95. The Hall–Kier alpha value is -1.13. The van der Waals surface area contributed by atoms with Crippen LogP contribution in [0, 0.1) is 5.92 Å². The van der Waals surface area contributed by atoms with Crippen molar-refractivity contribution in [3.05, 3.63) is 0 Å². The van der Waals surface area contributed by atoms with Crippen molar-refractivity contribution in [2.75, 3.05) is 13.2 Å². The first-order chi connectivity index (χ1) is 7.47. The Morgan fingerprint density at radius 1 is 1.44 bits per heavy atom. The Kier molecular flexibility index (Phi) is 2.64. The molecule has 0 aromatic carbocycles. The zero-order chi connectivity index (χ0) is 11.9. The molecule has 0 bridgehead atoms. The number of rotatable bonds is 3. The second-order valence-electron chi connectivity index (χ2n) is 5.08. The van der Waals surface area contributed by atoms with E-state index in [1.54, 1.807) is 13.8 Å². The van der Waals surface area contributed by atoms with Crippen LogP contribution in [-0.4, -0.2) is 41.5 Å². The first-order valence-corrected chi connectivity index (χ1v) is 5.66. The number of nitrogens with zero attached hydrogens (tertiary/aromatic N) is 1. The summed E-state index contributed by atoms with van der Waals surface area (Å²) in [6.07, 6.45) is 1.91. The summed E-state index contributed by atoms with van der Waals surface area (Å²) in [5, 5.41) is 2.71. The normalized spacial score (nSPS) is 29.2. The largest absolute Gasteiger partial charge is 0.340 e. The molecule has 16 heavy (non-hydrogen) atoms. The van der Waals surface area contributed by atoms with E-state index in [1.807, 2.05) is 0 Å². The molecule has 0 spiro atoms. The fraction of sp³-hybridized carbons (Fsp3) is 0.818. The third-order valence-electron chi connectivity index (χ3n) is 3.23. The second kappa shape index (κ2) is 3.71. The summed E-state index contributed by atoms with van der Waals surface area (Å²) in [4.78, 5) is 25.4. The molecule has 1 N–H and O–H groups in total. The molecule has 2 rings (SSSR count). The van der Waals surface area contributed by atoms with Crippen LogP contribution in [0.4, 0.5) is 4.39 Å². The molecular formula is C11H17FN2O2. The fourth-order valence-corrected chi connectivity index (χ4v) is 2.27. The minimum atomic E-state index is -0.905. The van der Waals surface area contributed by atoms with E-state index >= 15 is 0 Å². The molecule has 1 heterocycles. The average molecular weight is 228 g/mol. The van der Waals surface area contributed by atoms with Gasteiger partial charge in [-0.15, -0.1) is 0 Å². The van der Waals surface area contributed by atoms with Crippen molar-refractivity contribution >= 4 is 11.8 Å². The van der Waals surface area contributed by atoms with E-state index in [9.17, 15) is 14.0 Å². The molecule has 1 atom stereocenters. The van der Waals surface area contributed by atoms with Crippen LogP contribution in [0.2, 0.25) is 0 Å². The van der Waals surface area contributed by atoms with Gasteiger partial charge in [0.1, 0.15) is 18.3 Å². The van der Waals surface area contributed by atoms with Gasteiger partial charge in [0.25, 0.3) is 0 Å². The molecule has 0 aromatic rings. The molecule has 2 fully saturated rings. The minimum absolute atomic E-state index is 0.0247. The van der Waals surface area contributed by atoms with Gasteiger partial charge in [0.05, 0.1) is 0 Å². The van der Waals surface area contributed by atoms with E-state index in [0.717, 1.165) is 12.8 Å². The second-order valence-corrected chi connectivity index (χ2v) is 5.08. The Bertz CT molecular complexity index is 326. The summed E-state index contributed by atoms with van der Waals surface area (Å²) in [6, 6.07) is -0.448. The molecule has 1 saturated carbocycles. The standard InChI is InChI=1S/C11H17FN2O2/c1-11(2)10(16)14(6-5-12)8(7-3-4-7)9(15)13-11/h7-8H,3-6H2,1-2H3,(H,13,15). The summed E-state index contributed by atoms with van der Waals surface area (Å²) < 4.78 is 12.5. The van der Waals surface area contributed by atoms with Crippen molar-refractivity contribution in [1.29, 1.82) is 0 Å². The average Bonchev–Trinajstić information content (AvgIpc) is 2.97. The Morgan fingerprint density at radius 2 is 2.06 bits per heavy atom. The van der Waals surface area contributed by atoms with Crippen LogP contribution in [0.25, 0.3) is 0 Å². The van der Waals surface area contributed by atoms with Gasteiger partial charge in [-0.2, -0.15) is 0 Å². The van der Waals surface area contributed by atoms with Gasteiger partial charge < -0.3 is 10.2 Å². The third-order valence-corrected chi connectivity index (χ3v) is 3.23. The molecule has 1 unspecified atom stereocenters. The number of piperazine rings is 1. The zero-order valence-electron chi connectivity index (χ0n) is 9.62. The molecule has 1 aliphatic heterocycles. The van der Waals surface area contributed by atoms with Crippen LogP contribution in [0.5, 0.6) is 0 Å². The lowest BCUT2D eigenvalue weighted by Gasteiger charge is -2.42. The van der Waals surface area contributed by atoms with Gasteiger partial charge in [-0.3, -0.25) is 9.59 Å². The van der Waals surface area contributed by atoms with Crippen molar-refractivity contribution in [2.45, 2.75) is 38.3 Å². The Morgan fingerprint density at radius 3 is 2.56 bits per heavy atom. The van der Waals surface area contributed by atoms with Gasteiger partial charge in [0.2, 0.25) is 11.8 Å².